The maximum Gasteiger partial charge on any atom is 0.226 e. The fourth-order valence-electron chi connectivity index (χ4n) is 4.48. The van der Waals surface area contributed by atoms with Gasteiger partial charge in [-0.25, -0.2) is 9.97 Å². The molecular weight excluding hydrogens is 352 g/mol. The van der Waals surface area contributed by atoms with Gasteiger partial charge in [0.25, 0.3) is 0 Å². The number of halogens is 1. The van der Waals surface area contributed by atoms with Gasteiger partial charge in [-0.15, -0.1) is 0 Å². The Labute approximate surface area is 156 Å². The number of carbonyl (C=O) groups excluding carboxylic acids is 1. The second-order valence-corrected chi connectivity index (χ2v) is 7.54. The molecule has 1 aromatic heterocycles. The van der Waals surface area contributed by atoms with Crippen molar-refractivity contribution in [3.63, 3.8) is 0 Å². The van der Waals surface area contributed by atoms with Crippen LogP contribution in [0.1, 0.15) is 18.4 Å². The first-order valence-corrected chi connectivity index (χ1v) is 9.29. The molecule has 2 atom stereocenters. The number of nitrogens with zero attached hydrogens (tertiary/aromatic N) is 4. The molecule has 1 aromatic carbocycles. The van der Waals surface area contributed by atoms with Crippen LogP contribution < -0.4 is 0 Å². The minimum atomic E-state index is -0.388. The third-order valence-electron chi connectivity index (χ3n) is 5.70. The summed E-state index contributed by atoms with van der Waals surface area (Å²) in [6.07, 6.45) is 5.16. The highest BCUT2D eigenvalue weighted by atomic mass is 35.5. The van der Waals surface area contributed by atoms with Gasteiger partial charge in [0.05, 0.1) is 12.6 Å². The molecule has 7 heteroatoms. The van der Waals surface area contributed by atoms with Crippen molar-refractivity contribution in [2.75, 3.05) is 19.7 Å². The minimum Gasteiger partial charge on any atom is -0.352 e. The van der Waals surface area contributed by atoms with Gasteiger partial charge in [0, 0.05) is 61.0 Å². The molecule has 134 valence electrons. The van der Waals surface area contributed by atoms with Gasteiger partial charge in [0.15, 0.2) is 11.5 Å². The smallest absolute Gasteiger partial charge is 0.226 e. The van der Waals surface area contributed by atoms with Crippen molar-refractivity contribution in [1.82, 2.24) is 19.8 Å². The molecule has 6 nitrogen and oxygen atoms in total. The summed E-state index contributed by atoms with van der Waals surface area (Å²) in [6.45, 7) is 3.03. The SMILES string of the molecule is O=C1C[C@H]2N(Cc3cnc(-c4ccc(Cl)cc4)nc3)CC[C@]23OCCN13. The van der Waals surface area contributed by atoms with E-state index in [1.165, 1.54) is 0 Å². The molecule has 1 amide bonds. The monoisotopic (exact) mass is 370 g/mol. The van der Waals surface area contributed by atoms with E-state index in [1.807, 2.05) is 41.6 Å². The summed E-state index contributed by atoms with van der Waals surface area (Å²) in [6, 6.07) is 7.63. The molecule has 3 saturated heterocycles. The lowest BCUT2D eigenvalue weighted by atomic mass is 10.1. The number of likely N-dealkylation sites (tertiary alicyclic amines) is 1. The number of hydrogen-bond acceptors (Lipinski definition) is 5. The Kier molecular flexibility index (Phi) is 3.74. The zero-order valence-corrected chi connectivity index (χ0v) is 15.0. The fraction of sp³-hybridized carbons (Fsp3) is 0.421. The molecule has 0 aliphatic carbocycles. The van der Waals surface area contributed by atoms with Crippen LogP contribution in [0.15, 0.2) is 36.7 Å². The zero-order chi connectivity index (χ0) is 17.7. The van der Waals surface area contributed by atoms with Crippen LogP contribution in [0.2, 0.25) is 5.02 Å². The lowest BCUT2D eigenvalue weighted by molar-refractivity contribution is -0.136. The highest BCUT2D eigenvalue weighted by molar-refractivity contribution is 6.30. The van der Waals surface area contributed by atoms with Crippen LogP contribution >= 0.6 is 11.6 Å². The summed E-state index contributed by atoms with van der Waals surface area (Å²) >= 11 is 5.93. The summed E-state index contributed by atoms with van der Waals surface area (Å²) in [5, 5.41) is 0.697. The van der Waals surface area contributed by atoms with Crippen LogP contribution in [-0.4, -0.2) is 57.1 Å². The highest BCUT2D eigenvalue weighted by Gasteiger charge is 2.61. The third-order valence-corrected chi connectivity index (χ3v) is 5.96. The average Bonchev–Trinajstić information content (AvgIpc) is 3.29. The van der Waals surface area contributed by atoms with Crippen LogP contribution in [0, 0.1) is 0 Å². The molecule has 26 heavy (non-hydrogen) atoms. The maximum atomic E-state index is 12.3. The van der Waals surface area contributed by atoms with E-state index in [0.717, 1.165) is 37.2 Å². The van der Waals surface area contributed by atoms with E-state index in [-0.39, 0.29) is 17.7 Å². The number of rotatable bonds is 3. The van der Waals surface area contributed by atoms with Crippen LogP contribution in [0.4, 0.5) is 0 Å². The third kappa shape index (κ3) is 2.44. The average molecular weight is 371 g/mol. The Balaban J connectivity index is 1.33. The minimum absolute atomic E-state index is 0.133. The van der Waals surface area contributed by atoms with E-state index in [2.05, 4.69) is 14.9 Å². The first kappa shape index (κ1) is 16.2. The lowest BCUT2D eigenvalue weighted by Gasteiger charge is -2.31. The van der Waals surface area contributed by atoms with Crippen molar-refractivity contribution in [2.45, 2.75) is 31.2 Å². The Hall–Kier alpha value is -2.02. The van der Waals surface area contributed by atoms with Gasteiger partial charge in [0.2, 0.25) is 5.91 Å². The molecule has 0 unspecified atom stereocenters. The summed E-state index contributed by atoms with van der Waals surface area (Å²) < 4.78 is 6.03. The van der Waals surface area contributed by atoms with Gasteiger partial charge in [-0.2, -0.15) is 0 Å². The van der Waals surface area contributed by atoms with E-state index < -0.39 is 0 Å². The van der Waals surface area contributed by atoms with E-state index in [1.54, 1.807) is 0 Å². The number of ether oxygens (including phenoxy) is 1. The molecule has 3 fully saturated rings. The second kappa shape index (κ2) is 6.01. The number of aromatic nitrogens is 2. The molecule has 5 rings (SSSR count). The van der Waals surface area contributed by atoms with Gasteiger partial charge < -0.3 is 9.64 Å². The molecule has 0 bridgehead atoms. The predicted octanol–water partition coefficient (Wildman–Crippen LogP) is 2.33. The molecular formula is C19H19ClN4O2. The Bertz CT molecular complexity index is 842. The van der Waals surface area contributed by atoms with Crippen molar-refractivity contribution >= 4 is 17.5 Å². The van der Waals surface area contributed by atoms with Crippen LogP contribution in [-0.2, 0) is 16.1 Å². The van der Waals surface area contributed by atoms with Crippen molar-refractivity contribution in [3.8, 4) is 11.4 Å². The standard InChI is InChI=1S/C19H19ClN4O2/c20-15-3-1-14(2-4-15)18-21-10-13(11-22-18)12-23-6-5-19-16(23)9-17(25)24(19)7-8-26-19/h1-4,10-11,16H,5-9,12H2/t16-,19+/m1/s1. The van der Waals surface area contributed by atoms with Gasteiger partial charge >= 0.3 is 0 Å². The lowest BCUT2D eigenvalue weighted by Crippen LogP contribution is -2.47. The van der Waals surface area contributed by atoms with Crippen molar-refractivity contribution in [2.24, 2.45) is 0 Å². The van der Waals surface area contributed by atoms with E-state index in [0.29, 0.717) is 23.9 Å². The number of hydrogen-bond donors (Lipinski definition) is 0. The molecule has 0 radical (unpaired) electrons. The van der Waals surface area contributed by atoms with Crippen molar-refractivity contribution < 1.29 is 9.53 Å². The first-order chi connectivity index (χ1) is 12.7. The Morgan fingerprint density at radius 2 is 1.96 bits per heavy atom. The number of carbonyl (C=O) groups is 1. The summed E-state index contributed by atoms with van der Waals surface area (Å²) in [4.78, 5) is 25.5. The van der Waals surface area contributed by atoms with Crippen molar-refractivity contribution in [1.29, 1.82) is 0 Å². The molecule has 1 spiro atoms. The maximum absolute atomic E-state index is 12.3. The molecule has 0 saturated carbocycles. The number of benzene rings is 1. The van der Waals surface area contributed by atoms with Crippen LogP contribution in [0.3, 0.4) is 0 Å². The second-order valence-electron chi connectivity index (χ2n) is 7.10. The molecule has 3 aliphatic rings. The predicted molar refractivity (Wildman–Crippen MR) is 96.3 cm³/mol. The first-order valence-electron chi connectivity index (χ1n) is 8.91. The summed E-state index contributed by atoms with van der Waals surface area (Å²) in [7, 11) is 0. The number of amides is 1. The largest absolute Gasteiger partial charge is 0.352 e. The molecule has 3 aliphatic heterocycles. The molecule has 4 heterocycles. The van der Waals surface area contributed by atoms with Gasteiger partial charge in [-0.05, 0) is 24.3 Å². The normalized spacial score (nSPS) is 27.8. The summed E-state index contributed by atoms with van der Waals surface area (Å²) in [5.74, 6) is 0.899. The highest BCUT2D eigenvalue weighted by Crippen LogP contribution is 2.45. The summed E-state index contributed by atoms with van der Waals surface area (Å²) in [5.41, 5.74) is 1.60. The quantitative estimate of drug-likeness (QED) is 0.830. The van der Waals surface area contributed by atoms with E-state index in [4.69, 9.17) is 16.3 Å². The van der Waals surface area contributed by atoms with E-state index >= 15 is 0 Å². The van der Waals surface area contributed by atoms with Crippen LogP contribution in [0.5, 0.6) is 0 Å². The Morgan fingerprint density at radius 1 is 1.19 bits per heavy atom. The van der Waals surface area contributed by atoms with Crippen LogP contribution in [0.25, 0.3) is 11.4 Å². The van der Waals surface area contributed by atoms with Gasteiger partial charge in [-0.3, -0.25) is 9.69 Å². The molecule has 0 N–H and O–H groups in total. The van der Waals surface area contributed by atoms with E-state index in [9.17, 15) is 4.79 Å². The van der Waals surface area contributed by atoms with Crippen molar-refractivity contribution in [3.05, 3.63) is 47.2 Å². The topological polar surface area (TPSA) is 58.6 Å². The van der Waals surface area contributed by atoms with Gasteiger partial charge in [0.1, 0.15) is 0 Å². The zero-order valence-electron chi connectivity index (χ0n) is 14.3. The Morgan fingerprint density at radius 3 is 2.73 bits per heavy atom. The molecule has 2 aromatic rings. The van der Waals surface area contributed by atoms with Gasteiger partial charge in [-0.1, -0.05) is 11.6 Å². The fourth-order valence-corrected chi connectivity index (χ4v) is 4.61.